The molecule has 0 aromatic carbocycles. The average Bonchev–Trinajstić information content (AvgIpc) is 2.96. The van der Waals surface area contributed by atoms with Crippen LogP contribution in [0.15, 0.2) is 6.20 Å². The Morgan fingerprint density at radius 1 is 1.36 bits per heavy atom. The van der Waals surface area contributed by atoms with Crippen LogP contribution in [0, 0.1) is 0 Å². The minimum absolute atomic E-state index is 0.0298. The summed E-state index contributed by atoms with van der Waals surface area (Å²) in [5.74, 6) is -0.0298. The van der Waals surface area contributed by atoms with Crippen molar-refractivity contribution in [1.29, 1.82) is 0 Å². The molecule has 1 N–H and O–H groups in total. The molecule has 0 spiro atoms. The van der Waals surface area contributed by atoms with Gasteiger partial charge >= 0.3 is 10.4 Å². The normalized spacial score (nSPS) is 25.4. The number of piperidine rings is 1. The third-order valence-corrected chi connectivity index (χ3v) is 5.30. The summed E-state index contributed by atoms with van der Waals surface area (Å²) in [4.78, 5) is 2.28. The summed E-state index contributed by atoms with van der Waals surface area (Å²) in [6, 6.07) is 0. The highest BCUT2D eigenvalue weighted by molar-refractivity contribution is 7.83. The van der Waals surface area contributed by atoms with Gasteiger partial charge in [0.2, 0.25) is 0 Å². The van der Waals surface area contributed by atoms with Gasteiger partial charge in [-0.15, -0.1) is 0 Å². The Balaban J connectivity index is 1.70. The molecule has 22 heavy (non-hydrogen) atoms. The molecule has 0 radical (unpaired) electrons. The number of nitrogens with one attached hydrogen (secondary N) is 1. The van der Waals surface area contributed by atoms with E-state index in [4.69, 9.17) is 4.74 Å². The maximum Gasteiger partial charge on any atom is 0.374 e. The van der Waals surface area contributed by atoms with Gasteiger partial charge in [-0.2, -0.15) is 17.8 Å². The number of halogens is 1. The van der Waals surface area contributed by atoms with Gasteiger partial charge in [0.05, 0.1) is 19.4 Å². The number of aromatic nitrogens is 2. The van der Waals surface area contributed by atoms with Crippen LogP contribution in [0.1, 0.15) is 30.0 Å². The zero-order valence-corrected chi connectivity index (χ0v) is 13.2. The predicted octanol–water partition coefficient (Wildman–Crippen LogP) is 0.636. The van der Waals surface area contributed by atoms with Crippen molar-refractivity contribution in [2.75, 3.05) is 39.4 Å². The monoisotopic (exact) mass is 332 g/mol. The Bertz CT molecular complexity index is 600. The summed E-state index contributed by atoms with van der Waals surface area (Å²) in [6.45, 7) is 4.39. The minimum atomic E-state index is -4.62. The van der Waals surface area contributed by atoms with Gasteiger partial charge in [0.1, 0.15) is 0 Å². The van der Waals surface area contributed by atoms with Gasteiger partial charge in [-0.1, -0.05) is 3.89 Å². The number of ether oxygens (including phenoxy) is 1. The fourth-order valence-electron chi connectivity index (χ4n) is 3.18. The molecular formula is C13H21FN4O3S. The molecule has 3 heterocycles. The molecule has 1 aromatic rings. The molecule has 9 heteroatoms. The molecule has 124 valence electrons. The fraction of sp³-hybridized carbons (Fsp3) is 0.769. The van der Waals surface area contributed by atoms with Crippen LogP contribution in [0.25, 0.3) is 0 Å². The van der Waals surface area contributed by atoms with Crippen LogP contribution in [0.2, 0.25) is 0 Å². The highest BCUT2D eigenvalue weighted by Crippen LogP contribution is 2.30. The first-order valence-corrected chi connectivity index (χ1v) is 8.90. The first-order valence-electron chi connectivity index (χ1n) is 7.56. The molecule has 0 aliphatic carbocycles. The highest BCUT2D eigenvalue weighted by atomic mass is 32.3. The molecule has 1 unspecified atom stereocenters. The molecule has 2 aliphatic rings. The second-order valence-electron chi connectivity index (χ2n) is 5.84. The number of rotatable bonds is 4. The van der Waals surface area contributed by atoms with E-state index in [9.17, 15) is 12.3 Å². The van der Waals surface area contributed by atoms with E-state index in [0.29, 0.717) is 6.42 Å². The van der Waals surface area contributed by atoms with Crippen LogP contribution >= 0.6 is 0 Å². The standard InChI is InChI=1S/C13H21FN4O3S/c14-22(19,20)18-3-1-2-11(10-18)13-12(8-15-16-13)9-17-4-6-21-7-5-17/h8,11H,1-7,9-10H2,(H,15,16). The van der Waals surface area contributed by atoms with E-state index < -0.39 is 10.4 Å². The third kappa shape index (κ3) is 3.65. The quantitative estimate of drug-likeness (QED) is 0.819. The Kier molecular flexibility index (Phi) is 4.76. The van der Waals surface area contributed by atoms with Crippen LogP contribution in [-0.4, -0.2) is 67.2 Å². The van der Waals surface area contributed by atoms with Gasteiger partial charge in [0.15, 0.2) is 0 Å². The lowest BCUT2D eigenvalue weighted by molar-refractivity contribution is 0.0340. The van der Waals surface area contributed by atoms with Crippen molar-refractivity contribution in [3.05, 3.63) is 17.5 Å². The van der Waals surface area contributed by atoms with Crippen LogP contribution < -0.4 is 0 Å². The highest BCUT2D eigenvalue weighted by Gasteiger charge is 2.31. The average molecular weight is 332 g/mol. The van der Waals surface area contributed by atoms with E-state index in [2.05, 4.69) is 15.1 Å². The Hall–Kier alpha value is -1.03. The minimum Gasteiger partial charge on any atom is -0.379 e. The van der Waals surface area contributed by atoms with E-state index in [0.717, 1.165) is 54.8 Å². The number of H-pyrrole nitrogens is 1. The zero-order valence-electron chi connectivity index (χ0n) is 12.4. The molecule has 7 nitrogen and oxygen atoms in total. The summed E-state index contributed by atoms with van der Waals surface area (Å²) < 4.78 is 41.7. The third-order valence-electron chi connectivity index (χ3n) is 4.35. The van der Waals surface area contributed by atoms with E-state index in [1.165, 1.54) is 0 Å². The first-order chi connectivity index (χ1) is 10.5. The van der Waals surface area contributed by atoms with E-state index >= 15 is 0 Å². The molecular weight excluding hydrogens is 311 g/mol. The summed E-state index contributed by atoms with van der Waals surface area (Å²) in [5.41, 5.74) is 1.99. The molecule has 1 atom stereocenters. The Labute approximate surface area is 129 Å². The topological polar surface area (TPSA) is 78.5 Å². The Morgan fingerprint density at radius 3 is 2.86 bits per heavy atom. The smallest absolute Gasteiger partial charge is 0.374 e. The molecule has 0 saturated carbocycles. The predicted molar refractivity (Wildman–Crippen MR) is 78.3 cm³/mol. The second kappa shape index (κ2) is 6.61. The second-order valence-corrected chi connectivity index (χ2v) is 7.18. The van der Waals surface area contributed by atoms with Gasteiger partial charge in [-0.25, -0.2) is 0 Å². The summed E-state index contributed by atoms with van der Waals surface area (Å²) in [6.07, 6.45) is 3.28. The SMILES string of the molecule is O=S(=O)(F)N1CCCC(c2[nH]ncc2CN2CCOCC2)C1. The van der Waals surface area contributed by atoms with Crippen molar-refractivity contribution in [2.24, 2.45) is 0 Å². The van der Waals surface area contributed by atoms with Gasteiger partial charge < -0.3 is 4.74 Å². The summed E-state index contributed by atoms with van der Waals surface area (Å²) in [5, 5.41) is 7.09. The largest absolute Gasteiger partial charge is 0.379 e. The summed E-state index contributed by atoms with van der Waals surface area (Å²) in [7, 11) is -4.62. The van der Waals surface area contributed by atoms with E-state index in [1.54, 1.807) is 6.20 Å². The van der Waals surface area contributed by atoms with Crippen molar-refractivity contribution >= 4 is 10.4 Å². The van der Waals surface area contributed by atoms with Crippen molar-refractivity contribution < 1.29 is 17.0 Å². The van der Waals surface area contributed by atoms with Crippen molar-refractivity contribution in [2.45, 2.75) is 25.3 Å². The molecule has 1 aromatic heterocycles. The van der Waals surface area contributed by atoms with Crippen LogP contribution in [0.4, 0.5) is 3.89 Å². The first kappa shape index (κ1) is 15.9. The molecule has 3 rings (SSSR count). The van der Waals surface area contributed by atoms with Crippen LogP contribution in [0.3, 0.4) is 0 Å². The lowest BCUT2D eigenvalue weighted by Crippen LogP contribution is -2.38. The van der Waals surface area contributed by atoms with Crippen LogP contribution in [-0.2, 0) is 21.7 Å². The number of aromatic amines is 1. The maximum absolute atomic E-state index is 13.2. The molecule has 0 bridgehead atoms. The molecule has 2 fully saturated rings. The lowest BCUT2D eigenvalue weighted by Gasteiger charge is -2.30. The van der Waals surface area contributed by atoms with Gasteiger partial charge in [0.25, 0.3) is 0 Å². The number of morpholine rings is 1. The fourth-order valence-corrected chi connectivity index (χ4v) is 3.88. The summed E-state index contributed by atoms with van der Waals surface area (Å²) >= 11 is 0. The zero-order chi connectivity index (χ0) is 15.6. The number of nitrogens with zero attached hydrogens (tertiary/aromatic N) is 3. The lowest BCUT2D eigenvalue weighted by atomic mass is 9.93. The van der Waals surface area contributed by atoms with Gasteiger partial charge in [-0.05, 0) is 12.8 Å². The van der Waals surface area contributed by atoms with Crippen molar-refractivity contribution in [1.82, 2.24) is 19.4 Å². The molecule has 2 saturated heterocycles. The molecule has 2 aliphatic heterocycles. The van der Waals surface area contributed by atoms with Crippen LogP contribution in [0.5, 0.6) is 0 Å². The Morgan fingerprint density at radius 2 is 2.14 bits per heavy atom. The maximum atomic E-state index is 13.2. The number of hydrogen-bond acceptors (Lipinski definition) is 5. The number of hydrogen-bond donors (Lipinski definition) is 1. The molecule has 0 amide bonds. The van der Waals surface area contributed by atoms with Gasteiger partial charge in [-0.3, -0.25) is 10.00 Å². The van der Waals surface area contributed by atoms with E-state index in [1.807, 2.05) is 0 Å². The van der Waals surface area contributed by atoms with E-state index in [-0.39, 0.29) is 19.0 Å². The van der Waals surface area contributed by atoms with Crippen molar-refractivity contribution in [3.8, 4) is 0 Å². The van der Waals surface area contributed by atoms with Gasteiger partial charge in [0, 0.05) is 49.9 Å². The van der Waals surface area contributed by atoms with Crippen molar-refractivity contribution in [3.63, 3.8) is 0 Å².